The van der Waals surface area contributed by atoms with E-state index >= 15 is 0 Å². The van der Waals surface area contributed by atoms with E-state index in [1.54, 1.807) is 24.3 Å². The van der Waals surface area contributed by atoms with E-state index in [1.165, 1.54) is 31.4 Å². The van der Waals surface area contributed by atoms with Gasteiger partial charge < -0.3 is 9.47 Å². The minimum atomic E-state index is -3.78. The van der Waals surface area contributed by atoms with Gasteiger partial charge in [-0.15, -0.1) is 0 Å². The van der Waals surface area contributed by atoms with Gasteiger partial charge in [-0.1, -0.05) is 24.3 Å². The van der Waals surface area contributed by atoms with Crippen molar-refractivity contribution in [3.8, 4) is 5.75 Å². The third kappa shape index (κ3) is 4.77. The fraction of sp³-hybridized carbons (Fsp3) is 0.188. The molecule has 8 heteroatoms. The molecular weight excluding hydrogens is 337 g/mol. The highest BCUT2D eigenvalue weighted by Crippen LogP contribution is 2.18. The molecule has 0 fully saturated rings. The van der Waals surface area contributed by atoms with Crippen molar-refractivity contribution in [2.45, 2.75) is 11.5 Å². The largest absolute Gasteiger partial charge is 0.494 e. The third-order valence-electron chi connectivity index (χ3n) is 3.08. The maximum Gasteiger partial charge on any atom is 0.321 e. The summed E-state index contributed by atoms with van der Waals surface area (Å²) in [6.07, 6.45) is 0. The monoisotopic (exact) mass is 353 g/mol. The highest BCUT2D eigenvalue weighted by molar-refractivity contribution is 7.89. The first-order chi connectivity index (χ1) is 11.4. The Hall–Kier alpha value is -2.45. The number of halogens is 1. The van der Waals surface area contributed by atoms with E-state index in [0.717, 1.165) is 0 Å². The van der Waals surface area contributed by atoms with Crippen molar-refractivity contribution in [3.63, 3.8) is 0 Å². The molecule has 0 unspecified atom stereocenters. The van der Waals surface area contributed by atoms with E-state index in [4.69, 9.17) is 9.47 Å². The Kier molecular flexibility index (Phi) is 5.88. The second-order valence-corrected chi connectivity index (χ2v) is 6.53. The fourth-order valence-electron chi connectivity index (χ4n) is 1.85. The number of carbonyl (C=O) groups is 1. The van der Waals surface area contributed by atoms with Crippen LogP contribution in [0.2, 0.25) is 0 Å². The molecule has 0 saturated carbocycles. The van der Waals surface area contributed by atoms with Crippen LogP contribution in [0.3, 0.4) is 0 Å². The van der Waals surface area contributed by atoms with Crippen LogP contribution in [0, 0.1) is 5.82 Å². The molecule has 0 spiro atoms. The first kappa shape index (κ1) is 17.9. The van der Waals surface area contributed by atoms with Gasteiger partial charge in [0.05, 0.1) is 12.0 Å². The summed E-state index contributed by atoms with van der Waals surface area (Å²) in [4.78, 5) is 11.7. The lowest BCUT2D eigenvalue weighted by molar-refractivity contribution is -0.143. The van der Waals surface area contributed by atoms with Crippen LogP contribution in [0.5, 0.6) is 5.75 Å². The van der Waals surface area contributed by atoms with Crippen molar-refractivity contribution in [1.82, 2.24) is 4.72 Å². The molecule has 0 atom stereocenters. The summed E-state index contributed by atoms with van der Waals surface area (Å²) >= 11 is 0. The van der Waals surface area contributed by atoms with Crippen molar-refractivity contribution in [2.75, 3.05) is 13.7 Å². The number of nitrogens with one attached hydrogen (secondary N) is 1. The minimum Gasteiger partial charge on any atom is -0.494 e. The summed E-state index contributed by atoms with van der Waals surface area (Å²) in [6, 6.07) is 11.8. The van der Waals surface area contributed by atoms with E-state index in [1.807, 2.05) is 0 Å². The molecule has 0 aliphatic rings. The lowest BCUT2D eigenvalue weighted by Crippen LogP contribution is -2.30. The van der Waals surface area contributed by atoms with Gasteiger partial charge in [0.2, 0.25) is 10.0 Å². The van der Waals surface area contributed by atoms with Crippen LogP contribution in [-0.4, -0.2) is 28.0 Å². The van der Waals surface area contributed by atoms with Gasteiger partial charge in [0.15, 0.2) is 11.6 Å². The van der Waals surface area contributed by atoms with Crippen LogP contribution in [0.15, 0.2) is 53.4 Å². The maximum absolute atomic E-state index is 13.5. The number of sulfonamides is 1. The Labute approximate surface area is 139 Å². The predicted molar refractivity (Wildman–Crippen MR) is 84.4 cm³/mol. The summed E-state index contributed by atoms with van der Waals surface area (Å²) in [5.74, 6) is -1.26. The molecule has 0 heterocycles. The number of rotatable bonds is 7. The summed E-state index contributed by atoms with van der Waals surface area (Å²) in [5, 5.41) is 0. The molecule has 0 saturated heterocycles. The fourth-order valence-corrected chi connectivity index (χ4v) is 2.84. The number of carbonyl (C=O) groups excluding carboxylic acids is 1. The second kappa shape index (κ2) is 7.89. The maximum atomic E-state index is 13.5. The van der Waals surface area contributed by atoms with E-state index in [2.05, 4.69) is 4.72 Å². The third-order valence-corrected chi connectivity index (χ3v) is 4.49. The molecule has 0 aliphatic carbocycles. The molecule has 1 N–H and O–H groups in total. The molecule has 0 aliphatic heterocycles. The minimum absolute atomic E-state index is 0.0509. The lowest BCUT2D eigenvalue weighted by atomic mass is 10.2. The SMILES string of the molecule is COc1ccc(COC(=O)CNS(=O)(=O)c2ccccc2)cc1F. The number of benzene rings is 2. The molecule has 128 valence electrons. The van der Waals surface area contributed by atoms with Gasteiger partial charge in [0.25, 0.3) is 0 Å². The first-order valence-electron chi connectivity index (χ1n) is 6.95. The smallest absolute Gasteiger partial charge is 0.321 e. The Morgan fingerprint density at radius 1 is 1.17 bits per heavy atom. The number of hydrogen-bond donors (Lipinski definition) is 1. The molecule has 24 heavy (non-hydrogen) atoms. The van der Waals surface area contributed by atoms with Gasteiger partial charge >= 0.3 is 5.97 Å². The highest BCUT2D eigenvalue weighted by atomic mass is 32.2. The highest BCUT2D eigenvalue weighted by Gasteiger charge is 2.15. The average molecular weight is 353 g/mol. The molecule has 2 aromatic rings. The van der Waals surface area contributed by atoms with Crippen LogP contribution < -0.4 is 9.46 Å². The van der Waals surface area contributed by atoms with E-state index in [-0.39, 0.29) is 17.3 Å². The number of ether oxygens (including phenoxy) is 2. The Bertz CT molecular complexity index is 808. The van der Waals surface area contributed by atoms with Crippen LogP contribution in [0.1, 0.15) is 5.56 Å². The summed E-state index contributed by atoms with van der Waals surface area (Å²) < 4.78 is 49.2. The topological polar surface area (TPSA) is 81.7 Å². The Balaban J connectivity index is 1.87. The normalized spacial score (nSPS) is 11.1. The Morgan fingerprint density at radius 3 is 2.50 bits per heavy atom. The first-order valence-corrected chi connectivity index (χ1v) is 8.43. The van der Waals surface area contributed by atoms with Gasteiger partial charge in [-0.3, -0.25) is 4.79 Å². The van der Waals surface area contributed by atoms with Crippen LogP contribution in [0.25, 0.3) is 0 Å². The number of hydrogen-bond acceptors (Lipinski definition) is 5. The average Bonchev–Trinajstić information content (AvgIpc) is 2.59. The van der Waals surface area contributed by atoms with Gasteiger partial charge in [-0.05, 0) is 29.8 Å². The van der Waals surface area contributed by atoms with Gasteiger partial charge in [0, 0.05) is 0 Å². The van der Waals surface area contributed by atoms with Crippen molar-refractivity contribution in [1.29, 1.82) is 0 Å². The molecule has 6 nitrogen and oxygen atoms in total. The molecule has 0 bridgehead atoms. The molecule has 2 rings (SSSR count). The van der Waals surface area contributed by atoms with Crippen LogP contribution >= 0.6 is 0 Å². The molecule has 2 aromatic carbocycles. The van der Waals surface area contributed by atoms with Gasteiger partial charge in [-0.2, -0.15) is 4.72 Å². The summed E-state index contributed by atoms with van der Waals surface area (Å²) in [7, 11) is -2.44. The van der Waals surface area contributed by atoms with Crippen LogP contribution in [-0.2, 0) is 26.2 Å². The Morgan fingerprint density at radius 2 is 1.88 bits per heavy atom. The number of methoxy groups -OCH3 is 1. The zero-order valence-corrected chi connectivity index (χ0v) is 13.7. The molecule has 0 amide bonds. The van der Waals surface area contributed by atoms with E-state index < -0.39 is 28.4 Å². The van der Waals surface area contributed by atoms with Crippen molar-refractivity contribution in [3.05, 3.63) is 59.9 Å². The van der Waals surface area contributed by atoms with Crippen molar-refractivity contribution >= 4 is 16.0 Å². The molecule has 0 radical (unpaired) electrons. The van der Waals surface area contributed by atoms with Crippen LogP contribution in [0.4, 0.5) is 4.39 Å². The second-order valence-electron chi connectivity index (χ2n) is 4.77. The van der Waals surface area contributed by atoms with Gasteiger partial charge in [0.1, 0.15) is 13.2 Å². The van der Waals surface area contributed by atoms with Gasteiger partial charge in [-0.25, -0.2) is 12.8 Å². The molecular formula is C16H16FNO5S. The predicted octanol–water partition coefficient (Wildman–Crippen LogP) is 1.86. The lowest BCUT2D eigenvalue weighted by Gasteiger charge is -2.08. The number of esters is 1. The molecule has 0 aromatic heterocycles. The summed E-state index contributed by atoms with van der Waals surface area (Å²) in [6.45, 7) is -0.692. The standard InChI is InChI=1S/C16H16FNO5S/c1-22-15-8-7-12(9-14(15)17)11-23-16(19)10-18-24(20,21)13-5-3-2-4-6-13/h2-9,18H,10-11H2,1H3. The van der Waals surface area contributed by atoms with E-state index in [0.29, 0.717) is 5.56 Å². The quantitative estimate of drug-likeness (QED) is 0.769. The zero-order valence-electron chi connectivity index (χ0n) is 12.9. The summed E-state index contributed by atoms with van der Waals surface area (Å²) in [5.41, 5.74) is 0.424. The van der Waals surface area contributed by atoms with Crippen molar-refractivity contribution < 1.29 is 27.1 Å². The zero-order chi connectivity index (χ0) is 17.6. The van der Waals surface area contributed by atoms with E-state index in [9.17, 15) is 17.6 Å². The van der Waals surface area contributed by atoms with Crippen molar-refractivity contribution in [2.24, 2.45) is 0 Å².